The molecule has 9 heteroatoms. The topological polar surface area (TPSA) is 71.1 Å². The predicted molar refractivity (Wildman–Crippen MR) is 133 cm³/mol. The van der Waals surface area contributed by atoms with E-state index in [0.717, 1.165) is 51.4 Å². The molecular formula is C22H48O6Sn3. The Kier molecular flexibility index (Phi) is 15.9. The fourth-order valence-electron chi connectivity index (χ4n) is 3.78. The average Bonchev–Trinajstić information content (AvgIpc) is 2.59. The van der Waals surface area contributed by atoms with E-state index < -0.39 is 57.6 Å². The number of hydrogen-bond donors (Lipinski definition) is 0. The molecule has 2 unspecified atom stereocenters. The Bertz CT molecular complexity index is 505. The second-order valence-electron chi connectivity index (χ2n) is 9.74. The molecule has 0 saturated heterocycles. The van der Waals surface area contributed by atoms with Crippen molar-refractivity contribution in [3.8, 4) is 0 Å². The van der Waals surface area contributed by atoms with Gasteiger partial charge >= 0.3 is 209 Å². The Morgan fingerprint density at radius 3 is 1.19 bits per heavy atom. The van der Waals surface area contributed by atoms with E-state index in [-0.39, 0.29) is 23.8 Å². The third-order valence-corrected chi connectivity index (χ3v) is 52.4. The zero-order valence-electron chi connectivity index (χ0n) is 21.8. The Labute approximate surface area is 206 Å². The third kappa shape index (κ3) is 14.3. The Hall–Kier alpha value is 1.26. The molecule has 0 amide bonds. The minimum atomic E-state index is -3.53. The first kappa shape index (κ1) is 32.3. The quantitative estimate of drug-likeness (QED) is 0.164. The van der Waals surface area contributed by atoms with E-state index in [1.54, 1.807) is 0 Å². The van der Waals surface area contributed by atoms with Crippen molar-refractivity contribution in [2.45, 2.75) is 109 Å². The molecule has 184 valence electrons. The van der Waals surface area contributed by atoms with Gasteiger partial charge in [-0.15, -0.1) is 0 Å². The minimum absolute atomic E-state index is 0.0515. The van der Waals surface area contributed by atoms with Crippen LogP contribution < -0.4 is 0 Å². The van der Waals surface area contributed by atoms with Crippen molar-refractivity contribution in [3.05, 3.63) is 0 Å². The van der Waals surface area contributed by atoms with Crippen LogP contribution in [-0.2, 0) is 18.6 Å². The van der Waals surface area contributed by atoms with Crippen molar-refractivity contribution < 1.29 is 18.6 Å². The number of carbonyl (C=O) groups excluding carboxylic acids is 2. The SMILES string of the molecule is CCCCC(CC)C(=O)[O][Sn]([CH3])([CH3])[O][Sn]([CH3])([CH3])[O][Sn]([CH3])([CH3])[O]C(=O)C(CC)CCCC. The normalized spacial score (nSPS) is 14.8. The van der Waals surface area contributed by atoms with Crippen LogP contribution in [0.5, 0.6) is 0 Å². The van der Waals surface area contributed by atoms with Gasteiger partial charge < -0.3 is 0 Å². The molecule has 2 atom stereocenters. The van der Waals surface area contributed by atoms with Crippen LogP contribution in [0, 0.1) is 11.8 Å². The number of rotatable bonds is 16. The van der Waals surface area contributed by atoms with Crippen molar-refractivity contribution in [1.82, 2.24) is 0 Å². The van der Waals surface area contributed by atoms with Crippen molar-refractivity contribution in [3.63, 3.8) is 0 Å². The fourth-order valence-corrected chi connectivity index (χ4v) is 67.7. The summed E-state index contributed by atoms with van der Waals surface area (Å²) >= 11 is -10.5. The monoisotopic (exact) mass is 768 g/mol. The molecule has 31 heavy (non-hydrogen) atoms. The van der Waals surface area contributed by atoms with Crippen LogP contribution in [0.1, 0.15) is 79.1 Å². The molecule has 0 heterocycles. The molecule has 0 aromatic rings. The summed E-state index contributed by atoms with van der Waals surface area (Å²) in [5.41, 5.74) is 0. The molecule has 0 rings (SSSR count). The van der Waals surface area contributed by atoms with Crippen LogP contribution >= 0.6 is 0 Å². The Morgan fingerprint density at radius 2 is 0.935 bits per heavy atom. The van der Waals surface area contributed by atoms with Gasteiger partial charge in [0.1, 0.15) is 0 Å². The van der Waals surface area contributed by atoms with Gasteiger partial charge in [-0.1, -0.05) is 0 Å². The Morgan fingerprint density at radius 1 is 0.613 bits per heavy atom. The van der Waals surface area contributed by atoms with Crippen LogP contribution in [0.25, 0.3) is 0 Å². The van der Waals surface area contributed by atoms with Gasteiger partial charge in [-0.25, -0.2) is 0 Å². The zero-order chi connectivity index (χ0) is 24.3. The van der Waals surface area contributed by atoms with Gasteiger partial charge in [0, 0.05) is 0 Å². The summed E-state index contributed by atoms with van der Waals surface area (Å²) in [7, 11) is 0. The molecule has 0 aromatic heterocycles. The van der Waals surface area contributed by atoms with E-state index in [2.05, 4.69) is 13.8 Å². The maximum atomic E-state index is 12.7. The van der Waals surface area contributed by atoms with Gasteiger partial charge in [-0.05, 0) is 0 Å². The first-order valence-electron chi connectivity index (χ1n) is 12.1. The first-order chi connectivity index (χ1) is 14.2. The molecule has 0 aromatic carbocycles. The predicted octanol–water partition coefficient (Wildman–Crippen LogP) is 6.64. The van der Waals surface area contributed by atoms with Gasteiger partial charge in [0.05, 0.1) is 0 Å². The van der Waals surface area contributed by atoms with E-state index >= 15 is 0 Å². The molecule has 0 aliphatic rings. The Balaban J connectivity index is 5.00. The number of unbranched alkanes of at least 4 members (excludes halogenated alkanes) is 2. The van der Waals surface area contributed by atoms with E-state index in [1.165, 1.54) is 0 Å². The molecule has 0 radical (unpaired) electrons. The van der Waals surface area contributed by atoms with Crippen LogP contribution in [0.15, 0.2) is 0 Å². The van der Waals surface area contributed by atoms with E-state index in [4.69, 9.17) is 8.97 Å². The second kappa shape index (κ2) is 15.3. The van der Waals surface area contributed by atoms with Crippen molar-refractivity contribution in [1.29, 1.82) is 0 Å². The summed E-state index contributed by atoms with van der Waals surface area (Å²) in [6.45, 7) is 8.33. The molecular weight excluding hydrogens is 716 g/mol. The molecule has 0 fully saturated rings. The summed E-state index contributed by atoms with van der Waals surface area (Å²) in [6.07, 6.45) is 7.53. The summed E-state index contributed by atoms with van der Waals surface area (Å²) in [5, 5.41) is 0. The molecule has 6 nitrogen and oxygen atoms in total. The van der Waals surface area contributed by atoms with Crippen molar-refractivity contribution >= 4 is 69.6 Å². The van der Waals surface area contributed by atoms with Gasteiger partial charge in [0.25, 0.3) is 0 Å². The van der Waals surface area contributed by atoms with Crippen molar-refractivity contribution in [2.75, 3.05) is 0 Å². The average molecular weight is 765 g/mol. The molecule has 0 bridgehead atoms. The van der Waals surface area contributed by atoms with Crippen LogP contribution in [0.2, 0.25) is 29.6 Å². The summed E-state index contributed by atoms with van der Waals surface area (Å²) < 4.78 is 24.9. The molecule has 0 aliphatic heterocycles. The van der Waals surface area contributed by atoms with E-state index in [0.29, 0.717) is 0 Å². The summed E-state index contributed by atoms with van der Waals surface area (Å²) in [5.74, 6) is -0.335. The van der Waals surface area contributed by atoms with Gasteiger partial charge in [0.2, 0.25) is 0 Å². The number of hydrogen-bond acceptors (Lipinski definition) is 6. The van der Waals surface area contributed by atoms with Crippen LogP contribution in [0.4, 0.5) is 0 Å². The van der Waals surface area contributed by atoms with E-state index in [9.17, 15) is 9.59 Å². The molecule has 0 aliphatic carbocycles. The van der Waals surface area contributed by atoms with E-state index in [1.807, 2.05) is 43.5 Å². The van der Waals surface area contributed by atoms with Gasteiger partial charge in [-0.3, -0.25) is 0 Å². The van der Waals surface area contributed by atoms with Gasteiger partial charge in [-0.2, -0.15) is 0 Å². The third-order valence-electron chi connectivity index (χ3n) is 5.14. The molecule has 0 N–H and O–H groups in total. The summed E-state index contributed by atoms with van der Waals surface area (Å²) in [6, 6.07) is 0. The summed E-state index contributed by atoms with van der Waals surface area (Å²) in [4.78, 5) is 37.4. The maximum absolute atomic E-state index is 12.7. The standard InChI is InChI=1S/2C8H16O2.6CH3.2O.3Sn/c2*1-3-5-6-7(4-2)8(9)10;;;;;;;;;;;/h2*7H,3-6H2,1-2H3,(H,9,10);6*1H3;;;;;/q;;;;;;;;;;;2*+1/p-2. The zero-order valence-corrected chi connectivity index (χ0v) is 30.3. The molecule has 0 spiro atoms. The first-order valence-corrected chi connectivity index (χ1v) is 36.2. The van der Waals surface area contributed by atoms with Crippen LogP contribution in [-0.4, -0.2) is 69.6 Å². The van der Waals surface area contributed by atoms with Crippen molar-refractivity contribution in [2.24, 2.45) is 11.8 Å². The van der Waals surface area contributed by atoms with Gasteiger partial charge in [0.15, 0.2) is 0 Å². The molecule has 0 saturated carbocycles. The number of carbonyl (C=O) groups is 2. The van der Waals surface area contributed by atoms with Crippen LogP contribution in [0.3, 0.4) is 0 Å². The fraction of sp³-hybridized carbons (Fsp3) is 0.909. The second-order valence-corrected chi connectivity index (χ2v) is 43.9.